The summed E-state index contributed by atoms with van der Waals surface area (Å²) in [6, 6.07) is 8.86. The molecule has 0 aliphatic heterocycles. The smallest absolute Gasteiger partial charge is 0.139 e. The molecule has 0 atom stereocenters. The summed E-state index contributed by atoms with van der Waals surface area (Å²) in [5, 5.41) is 0. The molecule has 4 aromatic heterocycles. The predicted octanol–water partition coefficient (Wildman–Crippen LogP) is 12.3. The monoisotopic (exact) mass is 646 g/mol. The minimum atomic E-state index is 0.722. The van der Waals surface area contributed by atoms with E-state index in [-0.39, 0.29) is 0 Å². The second kappa shape index (κ2) is 16.7. The van der Waals surface area contributed by atoms with Crippen LogP contribution in [0.5, 0.6) is 23.0 Å². The number of hydrogen-bond donors (Lipinski definition) is 0. The van der Waals surface area contributed by atoms with E-state index in [2.05, 4.69) is 65.8 Å². The van der Waals surface area contributed by atoms with Gasteiger partial charge in [-0.1, -0.05) is 53.4 Å². The van der Waals surface area contributed by atoms with Crippen LogP contribution in [0.25, 0.3) is 29.3 Å². The van der Waals surface area contributed by atoms with E-state index in [9.17, 15) is 0 Å². The Labute approximate surface area is 268 Å². The molecule has 4 rings (SSSR count). The van der Waals surface area contributed by atoms with Gasteiger partial charge in [-0.15, -0.1) is 45.3 Å². The van der Waals surface area contributed by atoms with E-state index in [1.54, 1.807) is 45.3 Å². The zero-order valence-corrected chi connectivity index (χ0v) is 29.3. The van der Waals surface area contributed by atoms with E-state index >= 15 is 0 Å². The van der Waals surface area contributed by atoms with Gasteiger partial charge in [-0.25, -0.2) is 0 Å². The first-order chi connectivity index (χ1) is 20.5. The number of hydrogen-bond acceptors (Lipinski definition) is 8. The fourth-order valence-corrected chi connectivity index (χ4v) is 8.71. The van der Waals surface area contributed by atoms with Crippen molar-refractivity contribution in [3.8, 4) is 52.3 Å². The third-order valence-electron chi connectivity index (χ3n) is 6.85. The maximum absolute atomic E-state index is 6.38. The molecule has 0 saturated carbocycles. The molecular weight excluding hydrogens is 601 g/mol. The Hall–Kier alpha value is -2.00. The molecule has 4 heterocycles. The van der Waals surface area contributed by atoms with Crippen molar-refractivity contribution in [1.29, 1.82) is 0 Å². The second-order valence-corrected chi connectivity index (χ2v) is 15.1. The number of aryl methyl sites for hydroxylation is 2. The van der Waals surface area contributed by atoms with E-state index in [1.165, 1.54) is 39.0 Å². The van der Waals surface area contributed by atoms with Crippen LogP contribution in [-0.4, -0.2) is 26.4 Å². The van der Waals surface area contributed by atoms with Gasteiger partial charge < -0.3 is 18.9 Å². The van der Waals surface area contributed by atoms with Crippen molar-refractivity contribution >= 4 is 45.3 Å². The molecule has 0 aliphatic rings. The summed E-state index contributed by atoms with van der Waals surface area (Å²) in [5.41, 5.74) is 0. The number of unbranched alkanes of at least 4 members (excludes halogenated alkanes) is 4. The summed E-state index contributed by atoms with van der Waals surface area (Å²) in [6.45, 7) is 16.0. The van der Waals surface area contributed by atoms with Crippen LogP contribution in [0.1, 0.15) is 88.8 Å². The third-order valence-corrected chi connectivity index (χ3v) is 11.7. The lowest BCUT2D eigenvalue weighted by molar-refractivity contribution is 0.308. The Morgan fingerprint density at radius 3 is 1.07 bits per heavy atom. The molecule has 4 nitrogen and oxygen atoms in total. The summed E-state index contributed by atoms with van der Waals surface area (Å²) in [6.07, 6.45) is 8.69. The maximum atomic E-state index is 6.38. The van der Waals surface area contributed by atoms with Crippen molar-refractivity contribution in [2.24, 2.45) is 0 Å². The summed E-state index contributed by atoms with van der Waals surface area (Å²) in [5.74, 6) is 3.92. The quantitative estimate of drug-likeness (QED) is 0.0950. The first-order valence-corrected chi connectivity index (χ1v) is 18.8. The van der Waals surface area contributed by atoms with Gasteiger partial charge in [0.1, 0.15) is 23.0 Å². The molecule has 0 bridgehead atoms. The van der Waals surface area contributed by atoms with Gasteiger partial charge in [-0.2, -0.15) is 0 Å². The van der Waals surface area contributed by atoms with Gasteiger partial charge >= 0.3 is 0 Å². The van der Waals surface area contributed by atoms with Crippen LogP contribution >= 0.6 is 45.3 Å². The SMILES string of the molecule is CCCCOc1cc(-c2sc(-c3cc(OCCCC)c(-c4cc(OCCCC)c(C)s4)s3)cc2OCCCC)sc1C. The van der Waals surface area contributed by atoms with E-state index in [1.807, 2.05) is 0 Å². The molecule has 4 aromatic rings. The van der Waals surface area contributed by atoms with Crippen molar-refractivity contribution in [3.63, 3.8) is 0 Å². The summed E-state index contributed by atoms with van der Waals surface area (Å²) in [4.78, 5) is 9.63. The molecule has 0 saturated heterocycles. The Morgan fingerprint density at radius 1 is 0.429 bits per heavy atom. The number of rotatable bonds is 19. The van der Waals surface area contributed by atoms with Crippen molar-refractivity contribution in [1.82, 2.24) is 0 Å². The van der Waals surface area contributed by atoms with E-state index in [4.69, 9.17) is 18.9 Å². The largest absolute Gasteiger partial charge is 0.492 e. The Balaban J connectivity index is 1.69. The normalized spacial score (nSPS) is 11.3. The molecule has 0 fully saturated rings. The van der Waals surface area contributed by atoms with Crippen molar-refractivity contribution < 1.29 is 18.9 Å². The lowest BCUT2D eigenvalue weighted by atomic mass is 10.3. The fraction of sp³-hybridized carbons (Fsp3) is 0.529. The first kappa shape index (κ1) is 32.9. The van der Waals surface area contributed by atoms with Gasteiger partial charge in [-0.05, 0) is 39.5 Å². The Morgan fingerprint density at radius 2 is 0.738 bits per heavy atom. The van der Waals surface area contributed by atoms with Gasteiger partial charge in [0.15, 0.2) is 0 Å². The van der Waals surface area contributed by atoms with Crippen molar-refractivity contribution in [2.45, 2.75) is 92.9 Å². The van der Waals surface area contributed by atoms with Gasteiger partial charge in [0.05, 0.1) is 45.9 Å². The third kappa shape index (κ3) is 8.55. The average molecular weight is 647 g/mol. The maximum Gasteiger partial charge on any atom is 0.139 e. The molecule has 0 N–H and O–H groups in total. The molecule has 230 valence electrons. The standard InChI is InChI=1S/C34H46O4S4/c1-7-11-15-35-25-19-31(39-23(25)5)33-27(37-17-13-9-3)21-29(41-33)30-22-28(38-18-14-10-4)34(42-30)32-20-26(24(6)40-32)36-16-12-8-2/h19-22H,7-18H2,1-6H3. The summed E-state index contributed by atoms with van der Waals surface area (Å²) < 4.78 is 25.0. The zero-order valence-electron chi connectivity index (χ0n) is 26.1. The molecule has 8 heteroatoms. The van der Waals surface area contributed by atoms with E-state index < -0.39 is 0 Å². The highest BCUT2D eigenvalue weighted by Crippen LogP contribution is 2.52. The molecule has 0 aromatic carbocycles. The summed E-state index contributed by atoms with van der Waals surface area (Å²) >= 11 is 7.19. The van der Waals surface area contributed by atoms with Gasteiger partial charge in [0.2, 0.25) is 0 Å². The molecule has 0 unspecified atom stereocenters. The van der Waals surface area contributed by atoms with Crippen LogP contribution < -0.4 is 18.9 Å². The van der Waals surface area contributed by atoms with E-state index in [0.717, 1.165) is 101 Å². The topological polar surface area (TPSA) is 36.9 Å². The van der Waals surface area contributed by atoms with Crippen LogP contribution in [-0.2, 0) is 0 Å². The molecule has 0 aliphatic carbocycles. The minimum Gasteiger partial charge on any atom is -0.492 e. The molecular formula is C34H46O4S4. The molecule has 42 heavy (non-hydrogen) atoms. The van der Waals surface area contributed by atoms with Crippen molar-refractivity contribution in [3.05, 3.63) is 34.0 Å². The van der Waals surface area contributed by atoms with Crippen LogP contribution in [0.4, 0.5) is 0 Å². The Bertz CT molecular complexity index is 1270. The highest BCUT2D eigenvalue weighted by Gasteiger charge is 2.22. The molecule has 0 radical (unpaired) electrons. The van der Waals surface area contributed by atoms with Crippen LogP contribution in [0.3, 0.4) is 0 Å². The van der Waals surface area contributed by atoms with Crippen LogP contribution in [0.15, 0.2) is 24.3 Å². The highest BCUT2D eigenvalue weighted by molar-refractivity contribution is 7.29. The second-order valence-electron chi connectivity index (χ2n) is 10.5. The van der Waals surface area contributed by atoms with Gasteiger partial charge in [-0.3, -0.25) is 0 Å². The van der Waals surface area contributed by atoms with E-state index in [0.29, 0.717) is 0 Å². The highest BCUT2D eigenvalue weighted by atomic mass is 32.1. The molecule has 0 amide bonds. The summed E-state index contributed by atoms with van der Waals surface area (Å²) in [7, 11) is 0. The zero-order chi connectivity index (χ0) is 29.9. The lowest BCUT2D eigenvalue weighted by Gasteiger charge is -2.05. The fourth-order valence-electron chi connectivity index (χ4n) is 4.30. The first-order valence-electron chi connectivity index (χ1n) is 15.5. The van der Waals surface area contributed by atoms with Crippen LogP contribution in [0, 0.1) is 13.8 Å². The van der Waals surface area contributed by atoms with Crippen molar-refractivity contribution in [2.75, 3.05) is 26.4 Å². The average Bonchev–Trinajstić information content (AvgIpc) is 3.75. The number of thiophene rings is 4. The predicted molar refractivity (Wildman–Crippen MR) is 185 cm³/mol. The number of ether oxygens (including phenoxy) is 4. The lowest BCUT2D eigenvalue weighted by Crippen LogP contribution is -1.96. The van der Waals surface area contributed by atoms with Gasteiger partial charge in [0, 0.05) is 43.8 Å². The minimum absolute atomic E-state index is 0.722. The van der Waals surface area contributed by atoms with Crippen LogP contribution in [0.2, 0.25) is 0 Å². The van der Waals surface area contributed by atoms with Gasteiger partial charge in [0.25, 0.3) is 0 Å². The Kier molecular flexibility index (Phi) is 13.1. The molecule has 0 spiro atoms.